The molecule has 0 saturated heterocycles. The van der Waals surface area contributed by atoms with Gasteiger partial charge >= 0.3 is 5.97 Å². The average molecular weight is 287 g/mol. The van der Waals surface area contributed by atoms with Gasteiger partial charge in [-0.25, -0.2) is 9.18 Å². The van der Waals surface area contributed by atoms with Crippen LogP contribution in [0.4, 0.5) is 10.1 Å². The Kier molecular flexibility index (Phi) is 4.33. The van der Waals surface area contributed by atoms with Gasteiger partial charge < -0.3 is 10.4 Å². The van der Waals surface area contributed by atoms with Crippen LogP contribution in [0, 0.1) is 12.7 Å². The lowest BCUT2D eigenvalue weighted by molar-refractivity contribution is -0.115. The first-order valence-corrected chi connectivity index (χ1v) is 6.34. The van der Waals surface area contributed by atoms with Crippen LogP contribution < -0.4 is 5.32 Å². The van der Waals surface area contributed by atoms with Gasteiger partial charge in [0.2, 0.25) is 5.91 Å². The standard InChI is InChI=1S/C16H14FNO3/c1-10-6-7-12(9-13(10)16(20)21)18-15(19)8-11-4-2-3-5-14(11)17/h2-7,9H,8H2,1H3,(H,18,19)(H,20,21). The van der Waals surface area contributed by atoms with Gasteiger partial charge in [-0.3, -0.25) is 4.79 Å². The summed E-state index contributed by atoms with van der Waals surface area (Å²) < 4.78 is 13.5. The number of hydrogen-bond donors (Lipinski definition) is 2. The summed E-state index contributed by atoms with van der Waals surface area (Å²) in [5.74, 6) is -1.90. The molecule has 0 radical (unpaired) electrons. The van der Waals surface area contributed by atoms with Crippen LogP contribution in [0.15, 0.2) is 42.5 Å². The molecule has 0 fully saturated rings. The number of anilines is 1. The minimum atomic E-state index is -1.06. The molecule has 4 nitrogen and oxygen atoms in total. The average Bonchev–Trinajstić information content (AvgIpc) is 2.43. The van der Waals surface area contributed by atoms with Crippen molar-refractivity contribution in [3.05, 3.63) is 65.0 Å². The number of rotatable bonds is 4. The third-order valence-corrected chi connectivity index (χ3v) is 3.06. The van der Waals surface area contributed by atoms with E-state index in [4.69, 9.17) is 5.11 Å². The fourth-order valence-corrected chi connectivity index (χ4v) is 1.95. The van der Waals surface area contributed by atoms with Gasteiger partial charge in [-0.05, 0) is 36.2 Å². The van der Waals surface area contributed by atoms with Crippen LogP contribution in [0.3, 0.4) is 0 Å². The Morgan fingerprint density at radius 3 is 2.57 bits per heavy atom. The van der Waals surface area contributed by atoms with Crippen molar-refractivity contribution in [2.75, 3.05) is 5.32 Å². The Labute approximate surface area is 121 Å². The molecule has 0 unspecified atom stereocenters. The van der Waals surface area contributed by atoms with Crippen LogP contribution in [0.5, 0.6) is 0 Å². The highest BCUT2D eigenvalue weighted by atomic mass is 19.1. The molecule has 0 aliphatic carbocycles. The fraction of sp³-hybridized carbons (Fsp3) is 0.125. The minimum absolute atomic E-state index is 0.108. The van der Waals surface area contributed by atoms with E-state index in [-0.39, 0.29) is 12.0 Å². The van der Waals surface area contributed by atoms with E-state index in [0.717, 1.165) is 0 Å². The number of benzene rings is 2. The summed E-state index contributed by atoms with van der Waals surface area (Å²) in [4.78, 5) is 22.9. The minimum Gasteiger partial charge on any atom is -0.478 e. The van der Waals surface area contributed by atoms with Gasteiger partial charge in [-0.15, -0.1) is 0 Å². The maximum absolute atomic E-state index is 13.5. The summed E-state index contributed by atoms with van der Waals surface area (Å²) in [6.45, 7) is 1.68. The number of carbonyl (C=O) groups excluding carboxylic acids is 1. The number of aromatic carboxylic acids is 1. The number of nitrogens with one attached hydrogen (secondary N) is 1. The first-order valence-electron chi connectivity index (χ1n) is 6.34. The second-order valence-corrected chi connectivity index (χ2v) is 4.65. The van der Waals surface area contributed by atoms with Gasteiger partial charge in [0, 0.05) is 5.69 Å². The summed E-state index contributed by atoms with van der Waals surface area (Å²) >= 11 is 0. The zero-order valence-corrected chi connectivity index (χ0v) is 11.4. The van der Waals surface area contributed by atoms with Crippen LogP contribution in [0.2, 0.25) is 0 Å². The molecule has 2 N–H and O–H groups in total. The number of carboxylic acids is 1. The lowest BCUT2D eigenvalue weighted by atomic mass is 10.1. The second kappa shape index (κ2) is 6.17. The van der Waals surface area contributed by atoms with Crippen molar-refractivity contribution in [2.45, 2.75) is 13.3 Å². The first-order chi connectivity index (χ1) is 9.97. The van der Waals surface area contributed by atoms with Crippen LogP contribution in [0.25, 0.3) is 0 Å². The maximum Gasteiger partial charge on any atom is 0.336 e. The summed E-state index contributed by atoms with van der Waals surface area (Å²) in [7, 11) is 0. The quantitative estimate of drug-likeness (QED) is 0.908. The van der Waals surface area contributed by atoms with Crippen molar-refractivity contribution in [1.29, 1.82) is 0 Å². The normalized spacial score (nSPS) is 10.2. The molecule has 2 aromatic carbocycles. The monoisotopic (exact) mass is 287 g/mol. The molecule has 0 saturated carbocycles. The summed E-state index contributed by atoms with van der Waals surface area (Å²) in [5.41, 5.74) is 1.40. The Hall–Kier alpha value is -2.69. The molecule has 108 valence electrons. The van der Waals surface area contributed by atoms with E-state index in [1.807, 2.05) is 0 Å². The third-order valence-electron chi connectivity index (χ3n) is 3.06. The Morgan fingerprint density at radius 1 is 1.19 bits per heavy atom. The molecule has 2 rings (SSSR count). The van der Waals surface area contributed by atoms with E-state index in [1.165, 1.54) is 18.2 Å². The van der Waals surface area contributed by atoms with Crippen molar-refractivity contribution >= 4 is 17.6 Å². The van der Waals surface area contributed by atoms with Crippen LogP contribution in [-0.2, 0) is 11.2 Å². The summed E-state index contributed by atoms with van der Waals surface area (Å²) in [6, 6.07) is 10.6. The molecule has 0 heterocycles. The van der Waals surface area contributed by atoms with Crippen molar-refractivity contribution < 1.29 is 19.1 Å². The topological polar surface area (TPSA) is 66.4 Å². The van der Waals surface area contributed by atoms with Gasteiger partial charge in [0.1, 0.15) is 5.82 Å². The van der Waals surface area contributed by atoms with Gasteiger partial charge in [0.15, 0.2) is 0 Å². The fourth-order valence-electron chi connectivity index (χ4n) is 1.95. The lowest BCUT2D eigenvalue weighted by Crippen LogP contribution is -2.15. The van der Waals surface area contributed by atoms with Gasteiger partial charge in [-0.1, -0.05) is 24.3 Å². The zero-order valence-electron chi connectivity index (χ0n) is 11.4. The van der Waals surface area contributed by atoms with E-state index in [9.17, 15) is 14.0 Å². The highest BCUT2D eigenvalue weighted by Crippen LogP contribution is 2.16. The lowest BCUT2D eigenvalue weighted by Gasteiger charge is -2.08. The van der Waals surface area contributed by atoms with Crippen LogP contribution in [0.1, 0.15) is 21.5 Å². The van der Waals surface area contributed by atoms with Crippen molar-refractivity contribution in [2.24, 2.45) is 0 Å². The molecule has 1 amide bonds. The summed E-state index contributed by atoms with van der Waals surface area (Å²) in [5, 5.41) is 11.6. The van der Waals surface area contributed by atoms with Crippen molar-refractivity contribution in [3.63, 3.8) is 0 Å². The largest absolute Gasteiger partial charge is 0.478 e. The van der Waals surface area contributed by atoms with Crippen molar-refractivity contribution in [3.8, 4) is 0 Å². The van der Waals surface area contributed by atoms with Gasteiger partial charge in [-0.2, -0.15) is 0 Å². The van der Waals surface area contributed by atoms with Crippen LogP contribution >= 0.6 is 0 Å². The number of hydrogen-bond acceptors (Lipinski definition) is 2. The number of aryl methyl sites for hydroxylation is 1. The molecular weight excluding hydrogens is 273 g/mol. The molecule has 0 bridgehead atoms. The number of carbonyl (C=O) groups is 2. The number of halogens is 1. The van der Waals surface area contributed by atoms with E-state index < -0.39 is 17.7 Å². The molecular formula is C16H14FNO3. The Balaban J connectivity index is 2.12. The first kappa shape index (κ1) is 14.7. The number of amides is 1. The van der Waals surface area contributed by atoms with E-state index in [1.54, 1.807) is 31.2 Å². The molecule has 0 aliphatic rings. The molecule has 0 aliphatic heterocycles. The van der Waals surface area contributed by atoms with E-state index in [0.29, 0.717) is 16.8 Å². The molecule has 0 spiro atoms. The molecule has 0 atom stereocenters. The Bertz CT molecular complexity index is 698. The van der Waals surface area contributed by atoms with E-state index >= 15 is 0 Å². The SMILES string of the molecule is Cc1ccc(NC(=O)Cc2ccccc2F)cc1C(=O)O. The van der Waals surface area contributed by atoms with Crippen molar-refractivity contribution in [1.82, 2.24) is 0 Å². The van der Waals surface area contributed by atoms with Gasteiger partial charge in [0.05, 0.1) is 12.0 Å². The van der Waals surface area contributed by atoms with E-state index in [2.05, 4.69) is 5.32 Å². The zero-order chi connectivity index (χ0) is 15.4. The Morgan fingerprint density at radius 2 is 1.90 bits per heavy atom. The van der Waals surface area contributed by atoms with Gasteiger partial charge in [0.25, 0.3) is 0 Å². The molecule has 0 aromatic heterocycles. The molecule has 5 heteroatoms. The highest BCUT2D eigenvalue weighted by molar-refractivity contribution is 5.95. The predicted molar refractivity (Wildman–Crippen MR) is 76.9 cm³/mol. The number of carboxylic acid groups (broad SMARTS) is 1. The maximum atomic E-state index is 13.5. The molecule has 21 heavy (non-hydrogen) atoms. The second-order valence-electron chi connectivity index (χ2n) is 4.65. The smallest absolute Gasteiger partial charge is 0.336 e. The summed E-state index contributed by atoms with van der Waals surface area (Å²) in [6.07, 6.45) is -0.108. The predicted octanol–water partition coefficient (Wildman–Crippen LogP) is 3.01. The third kappa shape index (κ3) is 3.66. The highest BCUT2D eigenvalue weighted by Gasteiger charge is 2.11. The molecule has 2 aromatic rings. The van der Waals surface area contributed by atoms with Crippen LogP contribution in [-0.4, -0.2) is 17.0 Å².